The summed E-state index contributed by atoms with van der Waals surface area (Å²) in [7, 11) is 0. The van der Waals surface area contributed by atoms with Crippen molar-refractivity contribution < 1.29 is 5.11 Å². The molecule has 132 valence electrons. The van der Waals surface area contributed by atoms with Gasteiger partial charge in [0.1, 0.15) is 5.60 Å². The zero-order valence-corrected chi connectivity index (χ0v) is 15.6. The van der Waals surface area contributed by atoms with Gasteiger partial charge in [-0.05, 0) is 29.3 Å². The van der Waals surface area contributed by atoms with E-state index in [0.717, 1.165) is 26.5 Å². The van der Waals surface area contributed by atoms with E-state index in [1.165, 1.54) is 0 Å². The minimum absolute atomic E-state index is 0.859. The molecule has 0 fully saturated rings. The topological polar surface area (TPSA) is 20.2 Å². The zero-order valence-electron chi connectivity index (χ0n) is 14.8. The molecule has 27 heavy (non-hydrogen) atoms. The van der Waals surface area contributed by atoms with Gasteiger partial charge in [0.15, 0.2) is 0 Å². The lowest BCUT2D eigenvalue weighted by Gasteiger charge is -2.31. The van der Waals surface area contributed by atoms with Gasteiger partial charge in [0, 0.05) is 15.4 Å². The predicted molar refractivity (Wildman–Crippen MR) is 112 cm³/mol. The molecule has 0 radical (unpaired) electrons. The Morgan fingerprint density at radius 1 is 0.519 bits per heavy atom. The van der Waals surface area contributed by atoms with Crippen molar-refractivity contribution in [1.29, 1.82) is 0 Å². The molecule has 4 aromatic rings. The van der Waals surface area contributed by atoms with Crippen molar-refractivity contribution in [3.05, 3.63) is 132 Å². The normalized spacial score (nSPS) is 11.3. The Morgan fingerprint density at radius 3 is 1.52 bits per heavy atom. The lowest BCUT2D eigenvalue weighted by Crippen LogP contribution is -2.29. The third kappa shape index (κ3) is 3.55. The average Bonchev–Trinajstić information content (AvgIpc) is 2.75. The first kappa shape index (κ1) is 17.6. The fourth-order valence-corrected chi connectivity index (χ4v) is 4.33. The second-order valence-electron chi connectivity index (χ2n) is 6.35. The summed E-state index contributed by atoms with van der Waals surface area (Å²) in [5.41, 5.74) is 1.38. The van der Waals surface area contributed by atoms with Gasteiger partial charge in [0.2, 0.25) is 0 Å². The minimum Gasteiger partial charge on any atom is -0.376 e. The van der Waals surface area contributed by atoms with Crippen LogP contribution in [0, 0.1) is 0 Å². The summed E-state index contributed by atoms with van der Waals surface area (Å²) < 4.78 is 0. The quantitative estimate of drug-likeness (QED) is 0.428. The summed E-state index contributed by atoms with van der Waals surface area (Å²) in [6.45, 7) is 0. The van der Waals surface area contributed by atoms with Crippen molar-refractivity contribution in [3.63, 3.8) is 0 Å². The van der Waals surface area contributed by atoms with Crippen molar-refractivity contribution in [3.8, 4) is 0 Å². The van der Waals surface area contributed by atoms with Gasteiger partial charge in [-0.3, -0.25) is 0 Å². The highest BCUT2D eigenvalue weighted by molar-refractivity contribution is 7.99. The molecule has 0 saturated heterocycles. The van der Waals surface area contributed by atoms with Crippen LogP contribution < -0.4 is 0 Å². The molecule has 0 amide bonds. The maximum atomic E-state index is 12.1. The molecule has 1 N–H and O–H groups in total. The smallest absolute Gasteiger partial charge is 0.141 e. The van der Waals surface area contributed by atoms with E-state index in [2.05, 4.69) is 18.2 Å². The van der Waals surface area contributed by atoms with Crippen LogP contribution in [0.4, 0.5) is 0 Å². The first-order chi connectivity index (χ1) is 13.3. The van der Waals surface area contributed by atoms with Crippen molar-refractivity contribution in [2.75, 3.05) is 0 Å². The number of aliphatic hydroxyl groups is 1. The van der Waals surface area contributed by atoms with Crippen molar-refractivity contribution in [2.45, 2.75) is 15.4 Å². The third-order valence-electron chi connectivity index (χ3n) is 4.63. The molecule has 4 aromatic carbocycles. The molecular formula is C25H20OS. The van der Waals surface area contributed by atoms with E-state index < -0.39 is 5.60 Å². The summed E-state index contributed by atoms with van der Waals surface area (Å²) in [4.78, 5) is 2.19. The third-order valence-corrected chi connectivity index (χ3v) is 5.71. The van der Waals surface area contributed by atoms with Crippen LogP contribution in [-0.4, -0.2) is 5.11 Å². The van der Waals surface area contributed by atoms with Crippen LogP contribution in [0.15, 0.2) is 125 Å². The Balaban J connectivity index is 1.90. The van der Waals surface area contributed by atoms with E-state index in [0.29, 0.717) is 0 Å². The van der Waals surface area contributed by atoms with Crippen LogP contribution in [0.25, 0.3) is 0 Å². The minimum atomic E-state index is -1.22. The predicted octanol–water partition coefficient (Wildman–Crippen LogP) is 6.12. The number of rotatable bonds is 5. The highest BCUT2D eigenvalue weighted by Gasteiger charge is 2.35. The summed E-state index contributed by atoms with van der Waals surface area (Å²) in [6, 6.07) is 38.1. The molecule has 1 nitrogen and oxygen atoms in total. The lowest BCUT2D eigenvalue weighted by atomic mass is 9.80. The van der Waals surface area contributed by atoms with Gasteiger partial charge >= 0.3 is 0 Å². The molecule has 4 rings (SSSR count). The molecular weight excluding hydrogens is 348 g/mol. The summed E-state index contributed by atoms with van der Waals surface area (Å²) >= 11 is 1.67. The molecule has 2 heteroatoms. The molecule has 0 aliphatic carbocycles. The average molecular weight is 369 g/mol. The number of hydrogen-bond donors (Lipinski definition) is 1. The number of benzene rings is 4. The number of hydrogen-bond acceptors (Lipinski definition) is 2. The standard InChI is InChI=1S/C25H20OS/c26-25(20-12-4-1-5-13-20,21-14-6-2-7-15-21)23-18-10-11-19-24(23)27-22-16-8-3-9-17-22/h1-19,26H. The second-order valence-corrected chi connectivity index (χ2v) is 7.47. The van der Waals surface area contributed by atoms with Gasteiger partial charge in [-0.25, -0.2) is 0 Å². The lowest BCUT2D eigenvalue weighted by molar-refractivity contribution is 0.123. The van der Waals surface area contributed by atoms with E-state index in [-0.39, 0.29) is 0 Å². The Hall–Kier alpha value is -2.81. The van der Waals surface area contributed by atoms with Crippen molar-refractivity contribution in [2.24, 2.45) is 0 Å². The SMILES string of the molecule is OC(c1ccccc1)(c1ccccc1)c1ccccc1Sc1ccccc1. The molecule has 0 spiro atoms. The van der Waals surface area contributed by atoms with Gasteiger partial charge in [-0.1, -0.05) is 109 Å². The molecule has 0 heterocycles. The molecule has 0 aliphatic rings. The molecule has 0 aliphatic heterocycles. The van der Waals surface area contributed by atoms with Crippen LogP contribution in [0.5, 0.6) is 0 Å². The fraction of sp³-hybridized carbons (Fsp3) is 0.0400. The van der Waals surface area contributed by atoms with Gasteiger partial charge in [-0.15, -0.1) is 0 Å². The Labute approximate surface area is 164 Å². The first-order valence-corrected chi connectivity index (χ1v) is 9.76. The molecule has 0 aromatic heterocycles. The van der Waals surface area contributed by atoms with Crippen molar-refractivity contribution in [1.82, 2.24) is 0 Å². The van der Waals surface area contributed by atoms with E-state index in [1.807, 2.05) is 97.1 Å². The van der Waals surface area contributed by atoms with E-state index in [4.69, 9.17) is 0 Å². The Morgan fingerprint density at radius 2 is 0.963 bits per heavy atom. The first-order valence-electron chi connectivity index (χ1n) is 8.94. The van der Waals surface area contributed by atoms with Gasteiger partial charge in [0.25, 0.3) is 0 Å². The maximum absolute atomic E-state index is 12.1. The summed E-state index contributed by atoms with van der Waals surface area (Å²) in [5, 5.41) is 12.1. The van der Waals surface area contributed by atoms with E-state index in [1.54, 1.807) is 11.8 Å². The molecule has 0 bridgehead atoms. The van der Waals surface area contributed by atoms with Crippen LogP contribution in [-0.2, 0) is 5.60 Å². The van der Waals surface area contributed by atoms with E-state index >= 15 is 0 Å². The zero-order chi connectivity index (χ0) is 18.5. The fourth-order valence-electron chi connectivity index (χ4n) is 3.31. The monoisotopic (exact) mass is 368 g/mol. The molecule has 0 atom stereocenters. The Kier molecular flexibility index (Phi) is 5.10. The van der Waals surface area contributed by atoms with Crippen LogP contribution in [0.2, 0.25) is 0 Å². The Bertz CT molecular complexity index is 958. The van der Waals surface area contributed by atoms with Gasteiger partial charge in [-0.2, -0.15) is 0 Å². The highest BCUT2D eigenvalue weighted by atomic mass is 32.2. The van der Waals surface area contributed by atoms with Crippen LogP contribution >= 0.6 is 11.8 Å². The maximum Gasteiger partial charge on any atom is 0.141 e. The summed E-state index contributed by atoms with van der Waals surface area (Å²) in [5.74, 6) is 0. The highest BCUT2D eigenvalue weighted by Crippen LogP contribution is 2.42. The van der Waals surface area contributed by atoms with E-state index in [9.17, 15) is 5.11 Å². The molecule has 0 unspecified atom stereocenters. The summed E-state index contributed by atoms with van der Waals surface area (Å²) in [6.07, 6.45) is 0. The molecule has 0 saturated carbocycles. The van der Waals surface area contributed by atoms with Crippen LogP contribution in [0.3, 0.4) is 0 Å². The van der Waals surface area contributed by atoms with Crippen molar-refractivity contribution >= 4 is 11.8 Å². The van der Waals surface area contributed by atoms with Crippen LogP contribution in [0.1, 0.15) is 16.7 Å². The van der Waals surface area contributed by atoms with Gasteiger partial charge in [0.05, 0.1) is 0 Å². The second kappa shape index (κ2) is 7.83. The largest absolute Gasteiger partial charge is 0.376 e. The van der Waals surface area contributed by atoms with Gasteiger partial charge < -0.3 is 5.11 Å².